The van der Waals surface area contributed by atoms with Crippen LogP contribution in [-0.2, 0) is 20.7 Å². The molecule has 2 aliphatic heterocycles. The molecule has 1 aromatic rings. The maximum atomic E-state index is 12.2. The largest absolute Gasteiger partial charge is 0.494 e. The highest BCUT2D eigenvalue weighted by molar-refractivity contribution is 5.94. The number of anilines is 1. The van der Waals surface area contributed by atoms with Crippen LogP contribution >= 0.6 is 0 Å². The summed E-state index contributed by atoms with van der Waals surface area (Å²) in [6.45, 7) is 1.24. The topological polar surface area (TPSA) is 67.9 Å². The minimum atomic E-state index is -0.0713. The molecule has 1 atom stereocenters. The molecule has 1 N–H and O–H groups in total. The number of benzene rings is 1. The highest BCUT2D eigenvalue weighted by atomic mass is 16.5. The van der Waals surface area contributed by atoms with Gasteiger partial charge in [0.15, 0.2) is 0 Å². The Balaban J connectivity index is 1.41. The zero-order valence-corrected chi connectivity index (χ0v) is 14.8. The zero-order valence-electron chi connectivity index (χ0n) is 14.8. The monoisotopic (exact) mass is 346 g/mol. The van der Waals surface area contributed by atoms with Crippen molar-refractivity contribution in [1.82, 2.24) is 4.90 Å². The van der Waals surface area contributed by atoms with Gasteiger partial charge in [0.2, 0.25) is 11.8 Å². The van der Waals surface area contributed by atoms with E-state index in [0.29, 0.717) is 25.9 Å². The van der Waals surface area contributed by atoms with Crippen LogP contribution in [0.1, 0.15) is 44.1 Å². The van der Waals surface area contributed by atoms with Crippen molar-refractivity contribution in [3.8, 4) is 5.75 Å². The number of rotatable bonds is 6. The van der Waals surface area contributed by atoms with E-state index < -0.39 is 0 Å². The summed E-state index contributed by atoms with van der Waals surface area (Å²) in [5, 5.41) is 2.86. The van der Waals surface area contributed by atoms with Gasteiger partial charge in [-0.25, -0.2) is 0 Å². The average molecular weight is 346 g/mol. The van der Waals surface area contributed by atoms with E-state index in [1.807, 2.05) is 25.2 Å². The van der Waals surface area contributed by atoms with Crippen molar-refractivity contribution in [2.45, 2.75) is 51.2 Å². The third kappa shape index (κ3) is 4.72. The Morgan fingerprint density at radius 3 is 3.04 bits per heavy atom. The lowest BCUT2D eigenvalue weighted by atomic mass is 10.0. The highest BCUT2D eigenvalue weighted by Gasteiger charge is 2.22. The van der Waals surface area contributed by atoms with E-state index in [1.165, 1.54) is 0 Å². The van der Waals surface area contributed by atoms with Gasteiger partial charge in [-0.15, -0.1) is 0 Å². The Morgan fingerprint density at radius 2 is 2.24 bits per heavy atom. The predicted molar refractivity (Wildman–Crippen MR) is 94.5 cm³/mol. The molecule has 0 radical (unpaired) electrons. The third-order valence-electron chi connectivity index (χ3n) is 4.76. The van der Waals surface area contributed by atoms with E-state index in [9.17, 15) is 9.59 Å². The molecule has 6 nitrogen and oxygen atoms in total. The summed E-state index contributed by atoms with van der Waals surface area (Å²) in [6, 6.07) is 5.70. The first-order chi connectivity index (χ1) is 12.1. The van der Waals surface area contributed by atoms with E-state index in [2.05, 4.69) is 5.32 Å². The smallest absolute Gasteiger partial charge is 0.224 e. The summed E-state index contributed by atoms with van der Waals surface area (Å²) < 4.78 is 11.4. The number of aryl methyl sites for hydroxylation is 1. The van der Waals surface area contributed by atoms with Crippen LogP contribution in [0.4, 0.5) is 5.69 Å². The van der Waals surface area contributed by atoms with Gasteiger partial charge in [-0.05, 0) is 55.9 Å². The first-order valence-electron chi connectivity index (χ1n) is 9.06. The minimum absolute atomic E-state index is 0.0609. The van der Waals surface area contributed by atoms with E-state index in [-0.39, 0.29) is 18.0 Å². The molecule has 0 spiro atoms. The molecule has 6 heteroatoms. The first-order valence-corrected chi connectivity index (χ1v) is 9.06. The van der Waals surface area contributed by atoms with Crippen molar-refractivity contribution >= 4 is 17.5 Å². The normalized spacial score (nSPS) is 19.7. The van der Waals surface area contributed by atoms with Gasteiger partial charge in [-0.1, -0.05) is 0 Å². The molecule has 1 saturated heterocycles. The molecule has 0 aromatic heterocycles. The molecular weight excluding hydrogens is 320 g/mol. The van der Waals surface area contributed by atoms with Crippen LogP contribution in [0, 0.1) is 0 Å². The van der Waals surface area contributed by atoms with Crippen molar-refractivity contribution in [3.63, 3.8) is 0 Å². The fraction of sp³-hybridized carbons (Fsp3) is 0.579. The van der Waals surface area contributed by atoms with Crippen molar-refractivity contribution in [2.75, 3.05) is 25.6 Å². The van der Waals surface area contributed by atoms with Crippen LogP contribution in [0.25, 0.3) is 0 Å². The fourth-order valence-electron chi connectivity index (χ4n) is 3.23. The van der Waals surface area contributed by atoms with Crippen LogP contribution < -0.4 is 10.1 Å². The van der Waals surface area contributed by atoms with Crippen LogP contribution in [-0.4, -0.2) is 43.2 Å². The van der Waals surface area contributed by atoms with Gasteiger partial charge in [-0.2, -0.15) is 0 Å². The van der Waals surface area contributed by atoms with Crippen LogP contribution in [0.2, 0.25) is 0 Å². The maximum Gasteiger partial charge on any atom is 0.224 e. The van der Waals surface area contributed by atoms with Gasteiger partial charge in [0.05, 0.1) is 6.61 Å². The summed E-state index contributed by atoms with van der Waals surface area (Å²) >= 11 is 0. The second-order valence-corrected chi connectivity index (χ2v) is 6.65. The Labute approximate surface area is 148 Å². The standard InChI is InChI=1S/C19H26N2O4/c1-21(19-6-2-3-11-25-19)18(23)5-4-12-24-15-8-9-16-14(13-15)7-10-17(22)20-16/h8-9,13,19H,2-7,10-12H2,1H3,(H,20,22). The molecule has 136 valence electrons. The van der Waals surface area contributed by atoms with E-state index in [4.69, 9.17) is 9.47 Å². The van der Waals surface area contributed by atoms with Crippen molar-refractivity contribution < 1.29 is 19.1 Å². The number of carbonyl (C=O) groups is 2. The molecule has 1 fully saturated rings. The Bertz CT molecular complexity index is 626. The van der Waals surface area contributed by atoms with Crippen LogP contribution in [0.3, 0.4) is 0 Å². The Hall–Kier alpha value is -2.08. The second kappa shape index (κ2) is 8.34. The summed E-state index contributed by atoms with van der Waals surface area (Å²) in [5.41, 5.74) is 1.97. The second-order valence-electron chi connectivity index (χ2n) is 6.65. The van der Waals surface area contributed by atoms with Gasteiger partial charge in [0.1, 0.15) is 12.0 Å². The molecular formula is C19H26N2O4. The minimum Gasteiger partial charge on any atom is -0.494 e. The summed E-state index contributed by atoms with van der Waals surface area (Å²) in [5.74, 6) is 0.945. The average Bonchev–Trinajstić information content (AvgIpc) is 2.65. The van der Waals surface area contributed by atoms with Crippen molar-refractivity contribution in [3.05, 3.63) is 23.8 Å². The molecule has 2 amide bonds. The molecule has 25 heavy (non-hydrogen) atoms. The van der Waals surface area contributed by atoms with Crippen LogP contribution in [0.5, 0.6) is 5.75 Å². The third-order valence-corrected chi connectivity index (χ3v) is 4.76. The van der Waals surface area contributed by atoms with Gasteiger partial charge < -0.3 is 19.7 Å². The molecule has 0 bridgehead atoms. The number of amides is 2. The molecule has 0 saturated carbocycles. The fourth-order valence-corrected chi connectivity index (χ4v) is 3.23. The quantitative estimate of drug-likeness (QED) is 0.804. The van der Waals surface area contributed by atoms with Gasteiger partial charge in [0.25, 0.3) is 0 Å². The first kappa shape index (κ1) is 17.7. The molecule has 0 aliphatic carbocycles. The molecule has 1 aromatic carbocycles. The van der Waals surface area contributed by atoms with E-state index in [1.54, 1.807) is 4.90 Å². The number of nitrogens with one attached hydrogen (secondary N) is 1. The number of hydrogen-bond donors (Lipinski definition) is 1. The maximum absolute atomic E-state index is 12.2. The summed E-state index contributed by atoms with van der Waals surface area (Å²) in [6.07, 6.45) is 5.42. The molecule has 3 rings (SSSR count). The van der Waals surface area contributed by atoms with Gasteiger partial charge in [-0.3, -0.25) is 9.59 Å². The number of fused-ring (bicyclic) bond motifs is 1. The van der Waals surface area contributed by atoms with Crippen LogP contribution in [0.15, 0.2) is 18.2 Å². The number of ether oxygens (including phenoxy) is 2. The number of carbonyl (C=O) groups excluding carboxylic acids is 2. The SMILES string of the molecule is CN(C(=O)CCCOc1ccc2c(c1)CCC(=O)N2)C1CCCCO1. The Kier molecular flexibility index (Phi) is 5.91. The lowest BCUT2D eigenvalue weighted by molar-refractivity contribution is -0.147. The van der Waals surface area contributed by atoms with E-state index >= 15 is 0 Å². The van der Waals surface area contributed by atoms with Gasteiger partial charge in [0, 0.05) is 32.2 Å². The van der Waals surface area contributed by atoms with Crippen molar-refractivity contribution in [1.29, 1.82) is 0 Å². The summed E-state index contributed by atoms with van der Waals surface area (Å²) in [7, 11) is 1.82. The van der Waals surface area contributed by atoms with E-state index in [0.717, 1.165) is 49.3 Å². The van der Waals surface area contributed by atoms with Gasteiger partial charge >= 0.3 is 0 Å². The number of nitrogens with zero attached hydrogens (tertiary/aromatic N) is 1. The molecule has 2 heterocycles. The zero-order chi connectivity index (χ0) is 17.6. The lowest BCUT2D eigenvalue weighted by Crippen LogP contribution is -2.40. The predicted octanol–water partition coefficient (Wildman–Crippen LogP) is 2.72. The number of hydrogen-bond acceptors (Lipinski definition) is 4. The Morgan fingerprint density at radius 1 is 1.36 bits per heavy atom. The lowest BCUT2D eigenvalue weighted by Gasteiger charge is -2.31. The molecule has 2 aliphatic rings. The van der Waals surface area contributed by atoms with Crippen molar-refractivity contribution in [2.24, 2.45) is 0 Å². The summed E-state index contributed by atoms with van der Waals surface area (Å²) in [4.78, 5) is 25.3. The molecule has 1 unspecified atom stereocenters. The highest BCUT2D eigenvalue weighted by Crippen LogP contribution is 2.27.